The predicted octanol–water partition coefficient (Wildman–Crippen LogP) is 2.67. The summed E-state index contributed by atoms with van der Waals surface area (Å²) in [6, 6.07) is 2.35. The minimum atomic E-state index is -0.959. The van der Waals surface area contributed by atoms with Crippen molar-refractivity contribution in [2.45, 2.75) is 19.0 Å². The standard InChI is InChI=1S/C12H15ClN2O3S2/c1-7(9-2-3-10(13)20-9)14-12(18)15-4-5-19-6-8(15)11(16)17/h2-3,7-8H,4-6H2,1H3,(H,14,18)(H,16,17). The quantitative estimate of drug-likeness (QED) is 0.891. The molecule has 8 heteroatoms. The summed E-state index contributed by atoms with van der Waals surface area (Å²) in [5.41, 5.74) is 0. The van der Waals surface area contributed by atoms with E-state index < -0.39 is 12.0 Å². The second-order valence-electron chi connectivity index (χ2n) is 4.44. The topological polar surface area (TPSA) is 69.6 Å². The van der Waals surface area contributed by atoms with Crippen LogP contribution in [0.15, 0.2) is 12.1 Å². The van der Waals surface area contributed by atoms with E-state index in [1.807, 2.05) is 13.0 Å². The van der Waals surface area contributed by atoms with Gasteiger partial charge in [-0.2, -0.15) is 11.8 Å². The Balaban J connectivity index is 2.01. The minimum absolute atomic E-state index is 0.191. The molecule has 0 bridgehead atoms. The van der Waals surface area contributed by atoms with Crippen molar-refractivity contribution in [2.75, 3.05) is 18.1 Å². The number of aliphatic carboxylic acids is 1. The molecule has 0 spiro atoms. The van der Waals surface area contributed by atoms with Crippen LogP contribution in [0.3, 0.4) is 0 Å². The fourth-order valence-electron chi connectivity index (χ4n) is 1.95. The highest BCUT2D eigenvalue weighted by atomic mass is 35.5. The Morgan fingerprint density at radius 3 is 2.90 bits per heavy atom. The number of nitrogens with zero attached hydrogens (tertiary/aromatic N) is 1. The molecule has 1 fully saturated rings. The van der Waals surface area contributed by atoms with Gasteiger partial charge in [-0.15, -0.1) is 11.3 Å². The number of urea groups is 1. The summed E-state index contributed by atoms with van der Waals surface area (Å²) in [5.74, 6) is 0.234. The Labute approximate surface area is 130 Å². The molecule has 0 radical (unpaired) electrons. The van der Waals surface area contributed by atoms with E-state index in [0.29, 0.717) is 16.6 Å². The average molecular weight is 335 g/mol. The maximum Gasteiger partial charge on any atom is 0.327 e. The Kier molecular flexibility index (Phi) is 5.17. The van der Waals surface area contributed by atoms with E-state index >= 15 is 0 Å². The van der Waals surface area contributed by atoms with Crippen molar-refractivity contribution in [3.05, 3.63) is 21.3 Å². The Morgan fingerprint density at radius 2 is 2.30 bits per heavy atom. The molecule has 20 heavy (non-hydrogen) atoms. The van der Waals surface area contributed by atoms with E-state index in [-0.39, 0.29) is 12.1 Å². The number of nitrogens with one attached hydrogen (secondary N) is 1. The van der Waals surface area contributed by atoms with Gasteiger partial charge in [0.25, 0.3) is 0 Å². The lowest BCUT2D eigenvalue weighted by Gasteiger charge is -2.33. The first-order valence-electron chi connectivity index (χ1n) is 6.12. The van der Waals surface area contributed by atoms with Crippen LogP contribution in [0.5, 0.6) is 0 Å². The average Bonchev–Trinajstić information content (AvgIpc) is 2.85. The molecule has 1 aliphatic heterocycles. The van der Waals surface area contributed by atoms with Crippen LogP contribution in [-0.2, 0) is 4.79 Å². The summed E-state index contributed by atoms with van der Waals surface area (Å²) in [5, 5.41) is 12.0. The zero-order valence-corrected chi connectivity index (χ0v) is 13.2. The summed E-state index contributed by atoms with van der Waals surface area (Å²) in [6.07, 6.45) is 0. The Bertz CT molecular complexity index is 509. The van der Waals surface area contributed by atoms with Gasteiger partial charge in [0.1, 0.15) is 6.04 Å². The zero-order valence-electron chi connectivity index (χ0n) is 10.8. The molecule has 2 rings (SSSR count). The number of carbonyl (C=O) groups is 2. The Hall–Kier alpha value is -0.920. The highest BCUT2D eigenvalue weighted by molar-refractivity contribution is 7.99. The molecule has 110 valence electrons. The molecule has 2 N–H and O–H groups in total. The number of halogens is 1. The van der Waals surface area contributed by atoms with E-state index in [1.165, 1.54) is 16.2 Å². The molecule has 0 aromatic carbocycles. The fourth-order valence-corrected chi connectivity index (χ4v) is 4.05. The number of carbonyl (C=O) groups excluding carboxylic acids is 1. The number of hydrogen-bond donors (Lipinski definition) is 2. The SMILES string of the molecule is CC(NC(=O)N1CCSCC1C(=O)O)c1ccc(Cl)s1. The van der Waals surface area contributed by atoms with E-state index in [1.54, 1.807) is 17.8 Å². The number of hydrogen-bond acceptors (Lipinski definition) is 4. The second kappa shape index (κ2) is 6.69. The van der Waals surface area contributed by atoms with E-state index in [0.717, 1.165) is 10.6 Å². The van der Waals surface area contributed by atoms with Crippen LogP contribution in [0.2, 0.25) is 4.34 Å². The zero-order chi connectivity index (χ0) is 14.7. The maximum atomic E-state index is 12.2. The predicted molar refractivity (Wildman–Crippen MR) is 81.7 cm³/mol. The van der Waals surface area contributed by atoms with Gasteiger partial charge in [0.05, 0.1) is 10.4 Å². The van der Waals surface area contributed by atoms with Crippen LogP contribution in [-0.4, -0.2) is 46.1 Å². The van der Waals surface area contributed by atoms with Gasteiger partial charge < -0.3 is 15.3 Å². The van der Waals surface area contributed by atoms with Crippen molar-refractivity contribution in [3.63, 3.8) is 0 Å². The van der Waals surface area contributed by atoms with Gasteiger partial charge in [-0.3, -0.25) is 0 Å². The summed E-state index contributed by atoms with van der Waals surface area (Å²) >= 11 is 8.83. The van der Waals surface area contributed by atoms with Crippen LogP contribution in [0, 0.1) is 0 Å². The lowest BCUT2D eigenvalue weighted by atomic mass is 10.2. The van der Waals surface area contributed by atoms with Gasteiger partial charge in [0.15, 0.2) is 0 Å². The van der Waals surface area contributed by atoms with E-state index in [2.05, 4.69) is 5.32 Å². The van der Waals surface area contributed by atoms with Gasteiger partial charge in [-0.1, -0.05) is 11.6 Å². The van der Waals surface area contributed by atoms with Gasteiger partial charge in [0, 0.05) is 22.9 Å². The molecule has 1 aliphatic rings. The maximum absolute atomic E-state index is 12.2. The molecule has 2 unspecified atom stereocenters. The molecular formula is C12H15ClN2O3S2. The van der Waals surface area contributed by atoms with Crippen molar-refractivity contribution >= 4 is 46.7 Å². The number of thiophene rings is 1. The molecule has 5 nitrogen and oxygen atoms in total. The molecule has 0 saturated carbocycles. The van der Waals surface area contributed by atoms with Crippen LogP contribution < -0.4 is 5.32 Å². The number of rotatable bonds is 3. The fraction of sp³-hybridized carbons (Fsp3) is 0.500. The summed E-state index contributed by atoms with van der Waals surface area (Å²) in [7, 11) is 0. The van der Waals surface area contributed by atoms with E-state index in [9.17, 15) is 9.59 Å². The summed E-state index contributed by atoms with van der Waals surface area (Å²) < 4.78 is 0.666. The second-order valence-corrected chi connectivity index (χ2v) is 7.33. The third kappa shape index (κ3) is 3.59. The lowest BCUT2D eigenvalue weighted by molar-refractivity contribution is -0.141. The molecule has 0 aliphatic carbocycles. The number of carboxylic acids is 1. The normalized spacial score (nSPS) is 20.5. The van der Waals surface area contributed by atoms with Gasteiger partial charge >= 0.3 is 12.0 Å². The molecule has 1 aromatic heterocycles. The van der Waals surface area contributed by atoms with Gasteiger partial charge in [-0.05, 0) is 19.1 Å². The molecule has 1 saturated heterocycles. The van der Waals surface area contributed by atoms with Crippen LogP contribution in [0.25, 0.3) is 0 Å². The molecule has 1 aromatic rings. The highest BCUT2D eigenvalue weighted by Crippen LogP contribution is 2.27. The summed E-state index contributed by atoms with van der Waals surface area (Å²) in [4.78, 5) is 25.7. The smallest absolute Gasteiger partial charge is 0.327 e. The first kappa shape index (κ1) is 15.5. The van der Waals surface area contributed by atoms with Gasteiger partial charge in [0.2, 0.25) is 0 Å². The van der Waals surface area contributed by atoms with Crippen molar-refractivity contribution in [1.82, 2.24) is 10.2 Å². The monoisotopic (exact) mass is 334 g/mol. The van der Waals surface area contributed by atoms with Gasteiger partial charge in [-0.25, -0.2) is 9.59 Å². The minimum Gasteiger partial charge on any atom is -0.480 e. The number of carboxylic acid groups (broad SMARTS) is 1. The number of thioether (sulfide) groups is 1. The Morgan fingerprint density at radius 1 is 1.55 bits per heavy atom. The van der Waals surface area contributed by atoms with Crippen molar-refractivity contribution in [3.8, 4) is 0 Å². The molecule has 2 atom stereocenters. The lowest BCUT2D eigenvalue weighted by Crippen LogP contribution is -2.54. The van der Waals surface area contributed by atoms with Crippen LogP contribution in [0.1, 0.15) is 17.8 Å². The van der Waals surface area contributed by atoms with Crippen molar-refractivity contribution < 1.29 is 14.7 Å². The largest absolute Gasteiger partial charge is 0.480 e. The summed E-state index contributed by atoms with van der Waals surface area (Å²) in [6.45, 7) is 2.31. The molecule has 2 heterocycles. The molecule has 2 amide bonds. The van der Waals surface area contributed by atoms with Crippen LogP contribution in [0.4, 0.5) is 4.79 Å². The highest BCUT2D eigenvalue weighted by Gasteiger charge is 2.32. The third-order valence-corrected chi connectivity index (χ3v) is 5.47. The van der Waals surface area contributed by atoms with Crippen LogP contribution >= 0.6 is 34.7 Å². The third-order valence-electron chi connectivity index (χ3n) is 3.04. The van der Waals surface area contributed by atoms with E-state index in [4.69, 9.17) is 16.7 Å². The van der Waals surface area contributed by atoms with Crippen molar-refractivity contribution in [2.24, 2.45) is 0 Å². The first-order chi connectivity index (χ1) is 9.49. The molecular weight excluding hydrogens is 320 g/mol. The number of amides is 2. The van der Waals surface area contributed by atoms with Crippen molar-refractivity contribution in [1.29, 1.82) is 0 Å². The first-order valence-corrected chi connectivity index (χ1v) is 8.47.